The van der Waals surface area contributed by atoms with Gasteiger partial charge >= 0.3 is 0 Å². The zero-order valence-corrected chi connectivity index (χ0v) is 11.8. The van der Waals surface area contributed by atoms with E-state index in [1.54, 1.807) is 0 Å². The van der Waals surface area contributed by atoms with Gasteiger partial charge in [-0.25, -0.2) is 0 Å². The summed E-state index contributed by atoms with van der Waals surface area (Å²) in [6, 6.07) is 9.95. The van der Waals surface area contributed by atoms with Gasteiger partial charge in [0.25, 0.3) is 6.47 Å². The van der Waals surface area contributed by atoms with Gasteiger partial charge in [0.1, 0.15) is 6.61 Å². The van der Waals surface area contributed by atoms with E-state index in [4.69, 9.17) is 5.73 Å². The van der Waals surface area contributed by atoms with Gasteiger partial charge in [-0.3, -0.25) is 4.79 Å². The van der Waals surface area contributed by atoms with E-state index in [-0.39, 0.29) is 0 Å². The second-order valence-electron chi connectivity index (χ2n) is 5.08. The van der Waals surface area contributed by atoms with Crippen molar-refractivity contribution in [3.05, 3.63) is 35.9 Å². The fourth-order valence-electron chi connectivity index (χ4n) is 1.97. The average Bonchev–Trinajstić information content (AvgIpc) is 2.43. The molecule has 4 nitrogen and oxygen atoms in total. The van der Waals surface area contributed by atoms with Crippen LogP contribution >= 0.6 is 0 Å². The molecule has 0 bridgehead atoms. The van der Waals surface area contributed by atoms with Crippen molar-refractivity contribution in [3.8, 4) is 0 Å². The summed E-state index contributed by atoms with van der Waals surface area (Å²) in [6.45, 7) is 5.34. The quantitative estimate of drug-likeness (QED) is 0.843. The molecule has 2 N–H and O–H groups in total. The Morgan fingerprint density at radius 3 is 2.63 bits per heavy atom. The summed E-state index contributed by atoms with van der Waals surface area (Å²) >= 11 is 0. The van der Waals surface area contributed by atoms with E-state index in [0.717, 1.165) is 18.0 Å². The van der Waals surface area contributed by atoms with Crippen molar-refractivity contribution in [2.24, 2.45) is 11.7 Å². The van der Waals surface area contributed by atoms with Gasteiger partial charge in [-0.15, -0.1) is 0 Å². The topological polar surface area (TPSA) is 55.6 Å². The van der Waals surface area contributed by atoms with Crippen molar-refractivity contribution >= 4 is 6.47 Å². The minimum atomic E-state index is 0.365. The molecule has 19 heavy (non-hydrogen) atoms. The first kappa shape index (κ1) is 15.7. The molecule has 1 aromatic carbocycles. The molecule has 0 saturated carbocycles. The van der Waals surface area contributed by atoms with Crippen LogP contribution in [0, 0.1) is 5.92 Å². The molecule has 1 heterocycles. The fourth-order valence-corrected chi connectivity index (χ4v) is 1.97. The zero-order chi connectivity index (χ0) is 14.1. The van der Waals surface area contributed by atoms with E-state index in [9.17, 15) is 4.79 Å². The van der Waals surface area contributed by atoms with Gasteiger partial charge in [0.15, 0.2) is 0 Å². The van der Waals surface area contributed by atoms with E-state index < -0.39 is 0 Å². The number of likely N-dealkylation sites (tertiary alicyclic amines) is 1. The first-order valence-corrected chi connectivity index (χ1v) is 6.66. The van der Waals surface area contributed by atoms with Crippen LogP contribution < -0.4 is 5.73 Å². The van der Waals surface area contributed by atoms with E-state index >= 15 is 0 Å². The van der Waals surface area contributed by atoms with Crippen LogP contribution in [0.25, 0.3) is 0 Å². The zero-order valence-electron chi connectivity index (χ0n) is 11.8. The lowest BCUT2D eigenvalue weighted by atomic mass is 9.95. The number of rotatable bonds is 3. The number of ether oxygens (including phenoxy) is 1. The Hall–Kier alpha value is -1.39. The smallest absolute Gasteiger partial charge is 0.293 e. The maximum atomic E-state index is 9.76. The molecule has 1 aliphatic rings. The summed E-state index contributed by atoms with van der Waals surface area (Å²) in [5.74, 6) is 0.723. The number of carbonyl (C=O) groups is 1. The third kappa shape index (κ3) is 6.36. The first-order valence-electron chi connectivity index (χ1n) is 6.66. The molecule has 0 radical (unpaired) electrons. The van der Waals surface area contributed by atoms with Crippen LogP contribution in [0.3, 0.4) is 0 Å². The predicted molar refractivity (Wildman–Crippen MR) is 76.5 cm³/mol. The highest BCUT2D eigenvalue weighted by atomic mass is 16.5. The third-order valence-electron chi connectivity index (χ3n) is 3.38. The molecule has 0 spiro atoms. The fraction of sp³-hybridized carbons (Fsp3) is 0.533. The number of piperidine rings is 1. The van der Waals surface area contributed by atoms with Crippen molar-refractivity contribution in [2.75, 3.05) is 20.1 Å². The molecule has 0 aromatic heterocycles. The van der Waals surface area contributed by atoms with Crippen molar-refractivity contribution in [1.82, 2.24) is 4.90 Å². The van der Waals surface area contributed by atoms with Gasteiger partial charge in [0.05, 0.1) is 0 Å². The molecular formula is C15H24N2O2. The van der Waals surface area contributed by atoms with Crippen LogP contribution in [0.4, 0.5) is 0 Å². The highest BCUT2D eigenvalue weighted by molar-refractivity contribution is 5.37. The van der Waals surface area contributed by atoms with E-state index in [1.165, 1.54) is 13.0 Å². The molecule has 4 heteroatoms. The normalized spacial score (nSPS) is 23.1. The van der Waals surface area contributed by atoms with Crippen LogP contribution in [0.2, 0.25) is 0 Å². The molecule has 1 aliphatic heterocycles. The third-order valence-corrected chi connectivity index (χ3v) is 3.38. The van der Waals surface area contributed by atoms with Crippen molar-refractivity contribution in [1.29, 1.82) is 0 Å². The van der Waals surface area contributed by atoms with Gasteiger partial charge in [-0.1, -0.05) is 37.3 Å². The predicted octanol–water partition coefficient (Wildman–Crippen LogP) is 1.64. The van der Waals surface area contributed by atoms with Gasteiger partial charge in [0.2, 0.25) is 0 Å². The molecule has 2 rings (SSSR count). The highest BCUT2D eigenvalue weighted by Crippen LogP contribution is 2.13. The first-order chi connectivity index (χ1) is 9.13. The van der Waals surface area contributed by atoms with Gasteiger partial charge in [0, 0.05) is 12.6 Å². The molecule has 2 atom stereocenters. The average molecular weight is 264 g/mol. The van der Waals surface area contributed by atoms with E-state index in [1.807, 2.05) is 30.3 Å². The lowest BCUT2D eigenvalue weighted by molar-refractivity contribution is -0.129. The Bertz CT molecular complexity index is 356. The van der Waals surface area contributed by atoms with Crippen LogP contribution in [-0.4, -0.2) is 37.6 Å². The second kappa shape index (κ2) is 8.67. The monoisotopic (exact) mass is 264 g/mol. The van der Waals surface area contributed by atoms with E-state index in [0.29, 0.717) is 19.1 Å². The molecule has 1 aromatic rings. The summed E-state index contributed by atoms with van der Waals surface area (Å²) in [5, 5.41) is 0. The molecule has 0 aliphatic carbocycles. The van der Waals surface area contributed by atoms with Crippen LogP contribution in [0.15, 0.2) is 30.3 Å². The summed E-state index contributed by atoms with van der Waals surface area (Å²) in [7, 11) is 2.13. The van der Waals surface area contributed by atoms with E-state index in [2.05, 4.69) is 23.6 Å². The molecule has 106 valence electrons. The van der Waals surface area contributed by atoms with Crippen molar-refractivity contribution in [3.63, 3.8) is 0 Å². The molecule has 1 fully saturated rings. The number of benzene rings is 1. The standard InChI is InChI=1S/C8H8O2.C7H16N2/c9-7-10-6-8-4-2-1-3-5-8;1-6-3-4-9(2)5-7(6)8/h1-5,7H,6H2;6-7H,3-5,8H2,1-2H3. The lowest BCUT2D eigenvalue weighted by Gasteiger charge is -2.32. The number of nitrogens with zero attached hydrogens (tertiary/aromatic N) is 1. The van der Waals surface area contributed by atoms with Crippen LogP contribution in [-0.2, 0) is 16.1 Å². The number of hydrogen-bond donors (Lipinski definition) is 1. The maximum Gasteiger partial charge on any atom is 0.293 e. The molecule has 2 unspecified atom stereocenters. The Labute approximate surface area is 115 Å². The van der Waals surface area contributed by atoms with Crippen LogP contribution in [0.1, 0.15) is 18.9 Å². The summed E-state index contributed by atoms with van der Waals surface area (Å²) in [6.07, 6.45) is 1.26. The highest BCUT2D eigenvalue weighted by Gasteiger charge is 2.19. The SMILES string of the molecule is CC1CCN(C)CC1N.O=COCc1ccccc1. The van der Waals surface area contributed by atoms with Gasteiger partial charge in [-0.2, -0.15) is 0 Å². The summed E-state index contributed by atoms with van der Waals surface area (Å²) in [4.78, 5) is 12.1. The lowest BCUT2D eigenvalue weighted by Crippen LogP contribution is -2.45. The van der Waals surface area contributed by atoms with Crippen molar-refractivity contribution in [2.45, 2.75) is 26.0 Å². The Kier molecular flexibility index (Phi) is 7.15. The number of carbonyl (C=O) groups excluding carboxylic acids is 1. The van der Waals surface area contributed by atoms with Gasteiger partial charge < -0.3 is 15.4 Å². The Morgan fingerprint density at radius 1 is 1.42 bits per heavy atom. The number of hydrogen-bond acceptors (Lipinski definition) is 4. The maximum absolute atomic E-state index is 9.76. The molecule has 1 saturated heterocycles. The largest absolute Gasteiger partial charge is 0.463 e. The molecular weight excluding hydrogens is 240 g/mol. The minimum Gasteiger partial charge on any atom is -0.463 e. The minimum absolute atomic E-state index is 0.365. The summed E-state index contributed by atoms with van der Waals surface area (Å²) in [5.41, 5.74) is 6.84. The van der Waals surface area contributed by atoms with Crippen molar-refractivity contribution < 1.29 is 9.53 Å². The van der Waals surface area contributed by atoms with Crippen LogP contribution in [0.5, 0.6) is 0 Å². The second-order valence-corrected chi connectivity index (χ2v) is 5.08. The Morgan fingerprint density at radius 2 is 2.11 bits per heavy atom. The number of likely N-dealkylation sites (N-methyl/N-ethyl adjacent to an activating group) is 1. The number of nitrogens with two attached hydrogens (primary N) is 1. The summed E-state index contributed by atoms with van der Waals surface area (Å²) < 4.78 is 4.54. The molecule has 0 amide bonds. The van der Waals surface area contributed by atoms with Gasteiger partial charge in [-0.05, 0) is 31.5 Å². The Balaban J connectivity index is 0.000000191.